The summed E-state index contributed by atoms with van der Waals surface area (Å²) in [6.45, 7) is 0. The Labute approximate surface area is 189 Å². The van der Waals surface area contributed by atoms with Crippen LogP contribution in [0.2, 0.25) is 0 Å². The van der Waals surface area contributed by atoms with Crippen molar-refractivity contribution >= 4 is 36.4 Å². The van der Waals surface area contributed by atoms with Crippen LogP contribution in [0.4, 0.5) is 0 Å². The van der Waals surface area contributed by atoms with Gasteiger partial charge in [0.1, 0.15) is 17.8 Å². The molecule has 0 heterocycles. The van der Waals surface area contributed by atoms with Crippen LogP contribution in [0.5, 0.6) is 5.75 Å². The molecule has 0 saturated carbocycles. The molecule has 0 aliphatic heterocycles. The molecule has 0 bridgehead atoms. The molecule has 0 spiro atoms. The molecular weight excluding hydrogens is 436 g/mol. The third-order valence-electron chi connectivity index (χ3n) is 4.58. The summed E-state index contributed by atoms with van der Waals surface area (Å²) in [7, 11) is 0. The molecule has 32 heavy (non-hydrogen) atoms. The molecule has 3 unspecified atom stereocenters. The third-order valence-corrected chi connectivity index (χ3v) is 4.99. The second-order valence-corrected chi connectivity index (χ2v) is 7.76. The number of carboxylic acids is 2. The average molecular weight is 461 g/mol. The Morgan fingerprint density at radius 1 is 0.781 bits per heavy atom. The highest BCUT2D eigenvalue weighted by Crippen LogP contribution is 2.12. The van der Waals surface area contributed by atoms with E-state index < -0.39 is 47.5 Å². The minimum atomic E-state index is -1.48. The van der Waals surface area contributed by atoms with E-state index in [1.54, 1.807) is 24.3 Å². The van der Waals surface area contributed by atoms with Crippen LogP contribution in [0.25, 0.3) is 0 Å². The van der Waals surface area contributed by atoms with Gasteiger partial charge in [0.2, 0.25) is 11.8 Å². The molecular formula is C22H24N2O7S. The van der Waals surface area contributed by atoms with E-state index in [1.165, 1.54) is 24.3 Å². The predicted molar refractivity (Wildman–Crippen MR) is 118 cm³/mol. The molecule has 170 valence electrons. The number of hydrogen-bond acceptors (Lipinski definition) is 6. The van der Waals surface area contributed by atoms with Crippen molar-refractivity contribution in [3.05, 3.63) is 65.7 Å². The van der Waals surface area contributed by atoms with Crippen molar-refractivity contribution in [3.8, 4) is 5.75 Å². The number of rotatable bonds is 11. The fraction of sp³-hybridized carbons (Fsp3) is 0.273. The van der Waals surface area contributed by atoms with Gasteiger partial charge in [0.15, 0.2) is 0 Å². The van der Waals surface area contributed by atoms with Crippen molar-refractivity contribution in [1.82, 2.24) is 10.6 Å². The quantitative estimate of drug-likeness (QED) is 0.274. The summed E-state index contributed by atoms with van der Waals surface area (Å²) in [5.74, 6) is -4.25. The zero-order chi connectivity index (χ0) is 23.7. The lowest BCUT2D eigenvalue weighted by atomic mass is 10.0. The Balaban J connectivity index is 2.06. The second-order valence-electron chi connectivity index (χ2n) is 7.13. The van der Waals surface area contributed by atoms with Gasteiger partial charge in [0.05, 0.1) is 11.7 Å². The normalized spacial score (nSPS) is 13.4. The molecule has 0 saturated heterocycles. The lowest BCUT2D eigenvalue weighted by molar-refractivity contribution is -0.143. The van der Waals surface area contributed by atoms with E-state index in [0.29, 0.717) is 5.56 Å². The SMILES string of the molecule is O=C(O)CC(NC(=O)C(S)Cc1ccccc1)C(=O)NC(Cc1ccc(O)cc1)C(=O)O. The molecule has 2 aromatic carbocycles. The molecule has 2 rings (SSSR count). The standard InChI is InChI=1S/C22H24N2O7S/c25-15-8-6-14(7-9-15)10-17(22(30)31)24-20(28)16(12-19(26)27)23-21(29)18(32)11-13-4-2-1-3-5-13/h1-9,16-18,25,32H,10-12H2,(H,23,29)(H,24,28)(H,26,27)(H,30,31). The summed E-state index contributed by atoms with van der Waals surface area (Å²) in [4.78, 5) is 47.9. The maximum Gasteiger partial charge on any atom is 0.326 e. The largest absolute Gasteiger partial charge is 0.508 e. The summed E-state index contributed by atoms with van der Waals surface area (Å²) in [6.07, 6.45) is -0.566. The van der Waals surface area contributed by atoms with E-state index in [9.17, 15) is 29.4 Å². The number of carboxylic acid groups (broad SMARTS) is 2. The van der Waals surface area contributed by atoms with Crippen molar-refractivity contribution in [2.75, 3.05) is 0 Å². The molecule has 2 aromatic rings. The number of aliphatic carboxylic acids is 2. The van der Waals surface area contributed by atoms with E-state index in [0.717, 1.165) is 5.56 Å². The molecule has 2 amide bonds. The van der Waals surface area contributed by atoms with Gasteiger partial charge in [0, 0.05) is 6.42 Å². The number of phenolic OH excluding ortho intramolecular Hbond substituents is 1. The van der Waals surface area contributed by atoms with Crippen LogP contribution in [0, 0.1) is 0 Å². The van der Waals surface area contributed by atoms with E-state index in [4.69, 9.17) is 5.11 Å². The Morgan fingerprint density at radius 3 is 1.91 bits per heavy atom. The summed E-state index contributed by atoms with van der Waals surface area (Å²) >= 11 is 4.24. The van der Waals surface area contributed by atoms with E-state index >= 15 is 0 Å². The zero-order valence-corrected chi connectivity index (χ0v) is 17.9. The van der Waals surface area contributed by atoms with Crippen molar-refractivity contribution in [2.45, 2.75) is 36.6 Å². The number of benzene rings is 2. The van der Waals surface area contributed by atoms with Gasteiger partial charge in [-0.15, -0.1) is 0 Å². The summed E-state index contributed by atoms with van der Waals surface area (Å²) in [5.41, 5.74) is 1.37. The number of nitrogens with one attached hydrogen (secondary N) is 2. The van der Waals surface area contributed by atoms with Crippen LogP contribution >= 0.6 is 12.6 Å². The number of aromatic hydroxyl groups is 1. The lowest BCUT2D eigenvalue weighted by Crippen LogP contribution is -2.54. The van der Waals surface area contributed by atoms with Gasteiger partial charge < -0.3 is 26.0 Å². The van der Waals surface area contributed by atoms with Crippen molar-refractivity contribution in [2.24, 2.45) is 0 Å². The molecule has 0 aliphatic carbocycles. The lowest BCUT2D eigenvalue weighted by Gasteiger charge is -2.22. The molecule has 0 radical (unpaired) electrons. The first-order chi connectivity index (χ1) is 15.2. The van der Waals surface area contributed by atoms with E-state index in [-0.39, 0.29) is 18.6 Å². The molecule has 10 heteroatoms. The smallest absolute Gasteiger partial charge is 0.326 e. The number of carbonyl (C=O) groups excluding carboxylic acids is 2. The van der Waals surface area contributed by atoms with Gasteiger partial charge in [0.25, 0.3) is 0 Å². The van der Waals surface area contributed by atoms with Gasteiger partial charge in [-0.3, -0.25) is 14.4 Å². The fourth-order valence-corrected chi connectivity index (χ4v) is 3.21. The van der Waals surface area contributed by atoms with Crippen LogP contribution in [0.1, 0.15) is 17.5 Å². The molecule has 0 aromatic heterocycles. The first-order valence-corrected chi connectivity index (χ1v) is 10.2. The van der Waals surface area contributed by atoms with Crippen molar-refractivity contribution in [1.29, 1.82) is 0 Å². The first kappa shape index (κ1) is 24.7. The molecule has 3 atom stereocenters. The van der Waals surface area contributed by atoms with Crippen LogP contribution in [-0.4, -0.2) is 56.4 Å². The van der Waals surface area contributed by atoms with E-state index in [2.05, 4.69) is 23.3 Å². The van der Waals surface area contributed by atoms with E-state index in [1.807, 2.05) is 6.07 Å². The van der Waals surface area contributed by atoms with Gasteiger partial charge >= 0.3 is 11.9 Å². The van der Waals surface area contributed by atoms with Crippen LogP contribution in [0.15, 0.2) is 54.6 Å². The van der Waals surface area contributed by atoms with Crippen LogP contribution < -0.4 is 10.6 Å². The average Bonchev–Trinajstić information content (AvgIpc) is 2.74. The van der Waals surface area contributed by atoms with Gasteiger partial charge in [-0.05, 0) is 29.7 Å². The Bertz CT molecular complexity index is 951. The predicted octanol–water partition coefficient (Wildman–Crippen LogP) is 1.00. The van der Waals surface area contributed by atoms with Crippen LogP contribution in [0.3, 0.4) is 0 Å². The molecule has 5 N–H and O–H groups in total. The summed E-state index contributed by atoms with van der Waals surface area (Å²) < 4.78 is 0. The van der Waals surface area contributed by atoms with Crippen molar-refractivity contribution in [3.63, 3.8) is 0 Å². The fourth-order valence-electron chi connectivity index (χ4n) is 2.92. The highest BCUT2D eigenvalue weighted by atomic mass is 32.1. The minimum Gasteiger partial charge on any atom is -0.508 e. The number of hydrogen-bond donors (Lipinski definition) is 6. The number of thiol groups is 1. The highest BCUT2D eigenvalue weighted by Gasteiger charge is 2.29. The number of phenols is 1. The van der Waals surface area contributed by atoms with Crippen LogP contribution in [-0.2, 0) is 32.0 Å². The topological polar surface area (TPSA) is 153 Å². The number of carbonyl (C=O) groups is 4. The maximum absolute atomic E-state index is 12.6. The molecule has 9 nitrogen and oxygen atoms in total. The summed E-state index contributed by atoms with van der Waals surface area (Å²) in [6, 6.07) is 11.9. The first-order valence-electron chi connectivity index (χ1n) is 9.71. The zero-order valence-electron chi connectivity index (χ0n) is 17.0. The minimum absolute atomic E-state index is 0.00528. The van der Waals surface area contributed by atoms with Crippen molar-refractivity contribution < 1.29 is 34.5 Å². The monoisotopic (exact) mass is 460 g/mol. The summed E-state index contributed by atoms with van der Waals surface area (Å²) in [5, 5.41) is 31.7. The molecule has 0 aliphatic rings. The van der Waals surface area contributed by atoms with Gasteiger partial charge in [-0.2, -0.15) is 12.6 Å². The Hall–Kier alpha value is -3.53. The third kappa shape index (κ3) is 7.95. The highest BCUT2D eigenvalue weighted by molar-refractivity contribution is 7.81. The maximum atomic E-state index is 12.6. The molecule has 0 fully saturated rings. The van der Waals surface area contributed by atoms with Gasteiger partial charge in [-0.1, -0.05) is 42.5 Å². The van der Waals surface area contributed by atoms with Gasteiger partial charge in [-0.25, -0.2) is 4.79 Å². The Morgan fingerprint density at radius 2 is 1.34 bits per heavy atom. The second kappa shape index (κ2) is 11.8. The number of amides is 2. The Kier molecular flexibility index (Phi) is 9.08.